The minimum Gasteiger partial charge on any atom is -0.468 e. The van der Waals surface area contributed by atoms with E-state index >= 15 is 0 Å². The molecule has 1 aliphatic heterocycles. The summed E-state index contributed by atoms with van der Waals surface area (Å²) in [6, 6.07) is 7.49. The summed E-state index contributed by atoms with van der Waals surface area (Å²) in [5.41, 5.74) is 0.833. The van der Waals surface area contributed by atoms with Crippen molar-refractivity contribution in [1.82, 2.24) is 24.9 Å². The second-order valence-corrected chi connectivity index (χ2v) is 7.10. The third-order valence-corrected chi connectivity index (χ3v) is 4.97. The molecule has 1 atom stereocenters. The second-order valence-electron chi connectivity index (χ2n) is 7.10. The minimum absolute atomic E-state index is 0.0312. The maximum absolute atomic E-state index is 12.9. The fourth-order valence-corrected chi connectivity index (χ4v) is 3.55. The van der Waals surface area contributed by atoms with Crippen molar-refractivity contribution < 1.29 is 13.7 Å². The first kappa shape index (κ1) is 18.4. The maximum atomic E-state index is 12.9. The fourth-order valence-electron chi connectivity index (χ4n) is 3.55. The highest BCUT2D eigenvalue weighted by Gasteiger charge is 2.29. The number of likely N-dealkylation sites (tertiary alicyclic amines) is 1. The van der Waals surface area contributed by atoms with Gasteiger partial charge in [-0.2, -0.15) is 4.98 Å². The summed E-state index contributed by atoms with van der Waals surface area (Å²) in [5, 5.41) is 3.99. The SMILES string of the molecule is CN(Cc1nc(-c2ccncc2)no1)C(=O)[C@@H]1CCCN(Cc2ccco2)C1. The molecular weight excluding hydrogens is 358 g/mol. The van der Waals surface area contributed by atoms with Gasteiger partial charge >= 0.3 is 0 Å². The summed E-state index contributed by atoms with van der Waals surface area (Å²) < 4.78 is 10.7. The number of amides is 1. The Bertz CT molecular complexity index is 894. The van der Waals surface area contributed by atoms with Gasteiger partial charge in [-0.25, -0.2) is 0 Å². The highest BCUT2D eigenvalue weighted by atomic mass is 16.5. The molecule has 1 aliphatic rings. The summed E-state index contributed by atoms with van der Waals surface area (Å²) in [7, 11) is 1.78. The Balaban J connectivity index is 1.35. The molecule has 0 spiro atoms. The van der Waals surface area contributed by atoms with Crippen LogP contribution in [0, 0.1) is 5.92 Å². The molecule has 8 heteroatoms. The lowest BCUT2D eigenvalue weighted by atomic mass is 9.96. The first-order valence-corrected chi connectivity index (χ1v) is 9.42. The highest BCUT2D eigenvalue weighted by Crippen LogP contribution is 2.21. The van der Waals surface area contributed by atoms with Gasteiger partial charge < -0.3 is 13.8 Å². The van der Waals surface area contributed by atoms with Crippen LogP contribution in [0.15, 0.2) is 51.9 Å². The molecule has 3 aromatic rings. The number of furan rings is 1. The van der Waals surface area contributed by atoms with Crippen LogP contribution in [-0.2, 0) is 17.9 Å². The lowest BCUT2D eigenvalue weighted by molar-refractivity contribution is -0.137. The van der Waals surface area contributed by atoms with Crippen molar-refractivity contribution in [1.29, 1.82) is 0 Å². The molecule has 1 saturated heterocycles. The van der Waals surface area contributed by atoms with Crippen molar-refractivity contribution in [3.8, 4) is 11.4 Å². The Hall–Kier alpha value is -3.00. The van der Waals surface area contributed by atoms with Gasteiger partial charge in [0.2, 0.25) is 17.6 Å². The number of carbonyl (C=O) groups is 1. The molecule has 0 aromatic carbocycles. The predicted octanol–water partition coefficient (Wildman–Crippen LogP) is 2.60. The number of rotatable bonds is 6. The average molecular weight is 381 g/mol. The number of nitrogens with zero attached hydrogens (tertiary/aromatic N) is 5. The highest BCUT2D eigenvalue weighted by molar-refractivity contribution is 5.78. The molecule has 0 radical (unpaired) electrons. The number of piperidine rings is 1. The van der Waals surface area contributed by atoms with E-state index in [1.54, 1.807) is 30.6 Å². The Morgan fingerprint density at radius 3 is 2.96 bits per heavy atom. The zero-order valence-electron chi connectivity index (χ0n) is 15.8. The van der Waals surface area contributed by atoms with E-state index in [4.69, 9.17) is 8.94 Å². The molecule has 1 fully saturated rings. The predicted molar refractivity (Wildman–Crippen MR) is 101 cm³/mol. The minimum atomic E-state index is -0.0312. The molecule has 0 unspecified atom stereocenters. The van der Waals surface area contributed by atoms with E-state index in [1.807, 2.05) is 24.3 Å². The maximum Gasteiger partial charge on any atom is 0.246 e. The Kier molecular flexibility index (Phi) is 5.48. The monoisotopic (exact) mass is 381 g/mol. The molecule has 28 heavy (non-hydrogen) atoms. The van der Waals surface area contributed by atoms with Gasteiger partial charge in [-0.3, -0.25) is 14.7 Å². The summed E-state index contributed by atoms with van der Waals surface area (Å²) in [4.78, 5) is 25.2. The number of hydrogen-bond acceptors (Lipinski definition) is 7. The lowest BCUT2D eigenvalue weighted by Crippen LogP contribution is -2.43. The van der Waals surface area contributed by atoms with Crippen LogP contribution in [0.25, 0.3) is 11.4 Å². The number of hydrogen-bond donors (Lipinski definition) is 0. The van der Waals surface area contributed by atoms with Crippen molar-refractivity contribution in [3.63, 3.8) is 0 Å². The number of pyridine rings is 1. The largest absolute Gasteiger partial charge is 0.468 e. The van der Waals surface area contributed by atoms with Crippen LogP contribution in [0.4, 0.5) is 0 Å². The summed E-state index contributed by atoms with van der Waals surface area (Å²) in [6.07, 6.45) is 6.93. The molecule has 0 saturated carbocycles. The zero-order chi connectivity index (χ0) is 19.3. The van der Waals surface area contributed by atoms with Crippen molar-refractivity contribution in [3.05, 3.63) is 54.6 Å². The van der Waals surface area contributed by atoms with Crippen molar-refractivity contribution in [2.24, 2.45) is 5.92 Å². The van der Waals surface area contributed by atoms with E-state index in [2.05, 4.69) is 20.0 Å². The molecule has 4 heterocycles. The molecule has 0 bridgehead atoms. The first-order chi connectivity index (χ1) is 13.7. The Morgan fingerprint density at radius 2 is 2.18 bits per heavy atom. The van der Waals surface area contributed by atoms with E-state index < -0.39 is 0 Å². The molecular formula is C20H23N5O3. The van der Waals surface area contributed by atoms with Crippen molar-refractivity contribution in [2.45, 2.75) is 25.9 Å². The Labute approximate surface area is 163 Å². The molecule has 1 amide bonds. The van der Waals surface area contributed by atoms with Crippen LogP contribution in [0.3, 0.4) is 0 Å². The van der Waals surface area contributed by atoms with E-state index in [0.29, 0.717) is 18.3 Å². The van der Waals surface area contributed by atoms with Crippen LogP contribution >= 0.6 is 0 Å². The summed E-state index contributed by atoms with van der Waals surface area (Å²) >= 11 is 0. The van der Waals surface area contributed by atoms with E-state index in [-0.39, 0.29) is 11.8 Å². The standard InChI is InChI=1S/C20H23N5O3/c1-24(14-18-22-19(23-28-18)15-6-8-21-9-7-15)20(26)16-4-2-10-25(12-16)13-17-5-3-11-27-17/h3,5-9,11,16H,2,4,10,12-14H2,1H3/t16-/m1/s1. The summed E-state index contributed by atoms with van der Waals surface area (Å²) in [6.45, 7) is 2.74. The Morgan fingerprint density at radius 1 is 1.32 bits per heavy atom. The van der Waals surface area contributed by atoms with Gasteiger partial charge in [-0.1, -0.05) is 5.16 Å². The lowest BCUT2D eigenvalue weighted by Gasteiger charge is -2.33. The van der Waals surface area contributed by atoms with Crippen LogP contribution in [0.2, 0.25) is 0 Å². The van der Waals surface area contributed by atoms with E-state index in [9.17, 15) is 4.79 Å². The van der Waals surface area contributed by atoms with Gasteiger partial charge in [0.25, 0.3) is 0 Å². The quantitative estimate of drug-likeness (QED) is 0.648. The third-order valence-electron chi connectivity index (χ3n) is 4.97. The van der Waals surface area contributed by atoms with E-state index in [1.165, 1.54) is 0 Å². The van der Waals surface area contributed by atoms with Gasteiger partial charge in [0.1, 0.15) is 5.76 Å². The number of aromatic nitrogens is 3. The summed E-state index contributed by atoms with van der Waals surface area (Å²) in [5.74, 6) is 1.92. The molecule has 4 rings (SSSR count). The fraction of sp³-hybridized carbons (Fsp3) is 0.400. The van der Waals surface area contributed by atoms with Gasteiger partial charge in [0, 0.05) is 31.5 Å². The van der Waals surface area contributed by atoms with Crippen LogP contribution < -0.4 is 0 Å². The van der Waals surface area contributed by atoms with E-state index in [0.717, 1.165) is 43.8 Å². The van der Waals surface area contributed by atoms with Crippen LogP contribution in [-0.4, -0.2) is 51.0 Å². The van der Waals surface area contributed by atoms with Gasteiger partial charge in [0.15, 0.2) is 0 Å². The molecule has 3 aromatic heterocycles. The smallest absolute Gasteiger partial charge is 0.246 e. The first-order valence-electron chi connectivity index (χ1n) is 9.42. The average Bonchev–Trinajstić information content (AvgIpc) is 3.40. The van der Waals surface area contributed by atoms with Gasteiger partial charge in [-0.15, -0.1) is 0 Å². The second kappa shape index (κ2) is 8.35. The topological polar surface area (TPSA) is 88.5 Å². The van der Waals surface area contributed by atoms with Crippen molar-refractivity contribution in [2.75, 3.05) is 20.1 Å². The van der Waals surface area contributed by atoms with Crippen LogP contribution in [0.5, 0.6) is 0 Å². The molecule has 146 valence electrons. The van der Waals surface area contributed by atoms with Crippen molar-refractivity contribution >= 4 is 5.91 Å². The normalized spacial score (nSPS) is 17.5. The van der Waals surface area contributed by atoms with Gasteiger partial charge in [0.05, 0.1) is 25.3 Å². The third kappa shape index (κ3) is 4.28. The molecule has 8 nitrogen and oxygen atoms in total. The number of carbonyl (C=O) groups excluding carboxylic acids is 1. The van der Waals surface area contributed by atoms with Gasteiger partial charge in [-0.05, 0) is 43.7 Å². The molecule has 0 N–H and O–H groups in total. The molecule has 0 aliphatic carbocycles. The zero-order valence-corrected chi connectivity index (χ0v) is 15.8. The van der Waals surface area contributed by atoms with Crippen LogP contribution in [0.1, 0.15) is 24.5 Å².